The molecule has 0 fully saturated rings. The molecule has 0 heterocycles. The lowest BCUT2D eigenvalue weighted by Gasteiger charge is -2.08. The highest BCUT2D eigenvalue weighted by Crippen LogP contribution is 2.21. The lowest BCUT2D eigenvalue weighted by atomic mass is 10.2. The van der Waals surface area contributed by atoms with Crippen molar-refractivity contribution < 1.29 is 23.9 Å². The molecule has 2 N–H and O–H groups in total. The lowest BCUT2D eigenvalue weighted by Crippen LogP contribution is -2.42. The predicted molar refractivity (Wildman–Crippen MR) is 85.2 cm³/mol. The molecule has 0 radical (unpaired) electrons. The van der Waals surface area contributed by atoms with Crippen molar-refractivity contribution >= 4 is 17.8 Å². The Morgan fingerprint density at radius 3 is 2.12 bits per heavy atom. The van der Waals surface area contributed by atoms with Crippen molar-refractivity contribution in [2.45, 2.75) is 6.92 Å². The summed E-state index contributed by atoms with van der Waals surface area (Å²) in [6.45, 7) is 0.743. The minimum absolute atomic E-state index is 0.280. The van der Waals surface area contributed by atoms with Gasteiger partial charge in [0.25, 0.3) is 5.91 Å². The van der Waals surface area contributed by atoms with Gasteiger partial charge >= 0.3 is 5.97 Å². The molecule has 0 saturated heterocycles. The van der Waals surface area contributed by atoms with Crippen LogP contribution in [0.25, 0.3) is 0 Å². The number of nitrogens with one attached hydrogen (secondary N) is 2. The summed E-state index contributed by atoms with van der Waals surface area (Å²) in [6.07, 6.45) is 0. The van der Waals surface area contributed by atoms with E-state index in [0.717, 1.165) is 0 Å². The average molecular weight is 328 g/mol. The molecule has 0 aromatic heterocycles. The number of hydrogen-bond acceptors (Lipinski definition) is 5. The molecule has 0 spiro atoms. The minimum Gasteiger partial charge on any atom is -0.457 e. The summed E-state index contributed by atoms with van der Waals surface area (Å²) in [5.74, 6) is -0.464. The maximum atomic E-state index is 11.8. The molecule has 2 aromatic carbocycles. The van der Waals surface area contributed by atoms with Gasteiger partial charge in [-0.2, -0.15) is 0 Å². The highest BCUT2D eigenvalue weighted by Gasteiger charge is 2.10. The summed E-state index contributed by atoms with van der Waals surface area (Å²) in [5, 5.41) is 0. The molecule has 0 unspecified atom stereocenters. The Kier molecular flexibility index (Phi) is 5.90. The summed E-state index contributed by atoms with van der Waals surface area (Å²) in [7, 11) is 0. The molecular weight excluding hydrogens is 312 g/mol. The monoisotopic (exact) mass is 328 g/mol. The number of rotatable bonds is 5. The zero-order chi connectivity index (χ0) is 17.4. The van der Waals surface area contributed by atoms with E-state index in [9.17, 15) is 14.4 Å². The molecular formula is C17H16N2O5. The molecule has 0 aliphatic rings. The number of hydrazine groups is 1. The molecule has 0 bridgehead atoms. The highest BCUT2D eigenvalue weighted by atomic mass is 16.5. The van der Waals surface area contributed by atoms with E-state index in [1.165, 1.54) is 19.1 Å². The second-order valence-corrected chi connectivity index (χ2v) is 4.74. The summed E-state index contributed by atoms with van der Waals surface area (Å²) in [4.78, 5) is 33.8. The second-order valence-electron chi connectivity index (χ2n) is 4.74. The first-order chi connectivity index (χ1) is 11.5. The van der Waals surface area contributed by atoms with Gasteiger partial charge in [-0.25, -0.2) is 4.79 Å². The Bertz CT molecular complexity index is 714. The zero-order valence-corrected chi connectivity index (χ0v) is 12.9. The summed E-state index contributed by atoms with van der Waals surface area (Å²) in [6, 6.07) is 15.5. The van der Waals surface area contributed by atoms with Crippen molar-refractivity contribution in [3.8, 4) is 11.5 Å². The fourth-order valence-electron chi connectivity index (χ4n) is 1.69. The van der Waals surface area contributed by atoms with Crippen LogP contribution >= 0.6 is 0 Å². The van der Waals surface area contributed by atoms with Gasteiger partial charge in [0.05, 0.1) is 5.56 Å². The Morgan fingerprint density at radius 1 is 0.875 bits per heavy atom. The maximum absolute atomic E-state index is 11.8. The third-order valence-electron chi connectivity index (χ3n) is 2.78. The van der Waals surface area contributed by atoms with E-state index in [0.29, 0.717) is 11.5 Å². The van der Waals surface area contributed by atoms with Crippen molar-refractivity contribution in [2.75, 3.05) is 6.61 Å². The standard InChI is InChI=1S/C17H16N2O5/c1-12(20)18-19-16(21)11-23-17(22)13-7-9-15(10-8-13)24-14-5-3-2-4-6-14/h2-10H,11H2,1H3,(H,18,20)(H,19,21). The van der Waals surface area contributed by atoms with Gasteiger partial charge in [0.1, 0.15) is 11.5 Å². The lowest BCUT2D eigenvalue weighted by molar-refractivity contribution is -0.129. The average Bonchev–Trinajstić information content (AvgIpc) is 2.59. The number of ether oxygens (including phenoxy) is 2. The third kappa shape index (κ3) is 5.45. The van der Waals surface area contributed by atoms with E-state index in [1.54, 1.807) is 12.1 Å². The molecule has 2 amide bonds. The van der Waals surface area contributed by atoms with Crippen LogP contribution in [-0.2, 0) is 14.3 Å². The second kappa shape index (κ2) is 8.33. The van der Waals surface area contributed by atoms with Gasteiger partial charge in [0.2, 0.25) is 5.91 Å². The molecule has 0 atom stereocenters. The van der Waals surface area contributed by atoms with Crippen LogP contribution in [0.2, 0.25) is 0 Å². The molecule has 0 saturated carbocycles. The highest BCUT2D eigenvalue weighted by molar-refractivity contribution is 5.91. The van der Waals surface area contributed by atoms with Crippen LogP contribution in [0.15, 0.2) is 54.6 Å². The van der Waals surface area contributed by atoms with E-state index in [2.05, 4.69) is 10.9 Å². The quantitative estimate of drug-likeness (QED) is 0.645. The Labute approximate surface area is 138 Å². The van der Waals surface area contributed by atoms with Crippen molar-refractivity contribution in [3.63, 3.8) is 0 Å². The fraction of sp³-hybridized carbons (Fsp3) is 0.118. The predicted octanol–water partition coefficient (Wildman–Crippen LogP) is 1.80. The number of carbonyl (C=O) groups is 3. The van der Waals surface area contributed by atoms with Gasteiger partial charge < -0.3 is 9.47 Å². The van der Waals surface area contributed by atoms with Crippen LogP contribution in [0.1, 0.15) is 17.3 Å². The molecule has 2 rings (SSSR count). The zero-order valence-electron chi connectivity index (χ0n) is 12.9. The number of esters is 1. The van der Waals surface area contributed by atoms with Gasteiger partial charge in [-0.3, -0.25) is 20.4 Å². The molecule has 0 aliphatic carbocycles. The molecule has 7 heteroatoms. The number of para-hydroxylation sites is 1. The van der Waals surface area contributed by atoms with E-state index >= 15 is 0 Å². The Hall–Kier alpha value is -3.35. The van der Waals surface area contributed by atoms with E-state index in [1.807, 2.05) is 30.3 Å². The summed E-state index contributed by atoms with van der Waals surface area (Å²) < 4.78 is 10.4. The van der Waals surface area contributed by atoms with Gasteiger partial charge in [0.15, 0.2) is 6.61 Å². The third-order valence-corrected chi connectivity index (χ3v) is 2.78. The van der Waals surface area contributed by atoms with E-state index in [4.69, 9.17) is 9.47 Å². The number of hydrogen-bond donors (Lipinski definition) is 2. The van der Waals surface area contributed by atoms with E-state index < -0.39 is 24.4 Å². The van der Waals surface area contributed by atoms with Crippen molar-refractivity contribution in [3.05, 3.63) is 60.2 Å². The van der Waals surface area contributed by atoms with Crippen LogP contribution < -0.4 is 15.6 Å². The van der Waals surface area contributed by atoms with Gasteiger partial charge in [0, 0.05) is 6.92 Å². The first kappa shape index (κ1) is 17.0. The van der Waals surface area contributed by atoms with Crippen molar-refractivity contribution in [2.24, 2.45) is 0 Å². The Balaban J connectivity index is 1.85. The normalized spacial score (nSPS) is 9.71. The van der Waals surface area contributed by atoms with Crippen molar-refractivity contribution in [1.29, 1.82) is 0 Å². The number of amides is 2. The largest absolute Gasteiger partial charge is 0.457 e. The van der Waals surface area contributed by atoms with Crippen LogP contribution in [0.3, 0.4) is 0 Å². The first-order valence-electron chi connectivity index (χ1n) is 7.10. The summed E-state index contributed by atoms with van der Waals surface area (Å²) in [5.41, 5.74) is 4.46. The molecule has 24 heavy (non-hydrogen) atoms. The topological polar surface area (TPSA) is 93.7 Å². The van der Waals surface area contributed by atoms with Gasteiger partial charge in [-0.05, 0) is 36.4 Å². The van der Waals surface area contributed by atoms with E-state index in [-0.39, 0.29) is 5.56 Å². The number of benzene rings is 2. The molecule has 0 aliphatic heterocycles. The smallest absolute Gasteiger partial charge is 0.338 e. The van der Waals surface area contributed by atoms with Crippen LogP contribution in [0.4, 0.5) is 0 Å². The summed E-state index contributed by atoms with van der Waals surface area (Å²) >= 11 is 0. The maximum Gasteiger partial charge on any atom is 0.338 e. The number of carbonyl (C=O) groups excluding carboxylic acids is 3. The first-order valence-corrected chi connectivity index (χ1v) is 7.10. The molecule has 124 valence electrons. The van der Waals surface area contributed by atoms with Crippen molar-refractivity contribution in [1.82, 2.24) is 10.9 Å². The molecule has 2 aromatic rings. The van der Waals surface area contributed by atoms with Gasteiger partial charge in [-0.15, -0.1) is 0 Å². The van der Waals surface area contributed by atoms with Gasteiger partial charge in [-0.1, -0.05) is 18.2 Å². The SMILES string of the molecule is CC(=O)NNC(=O)COC(=O)c1ccc(Oc2ccccc2)cc1. The van der Waals surface area contributed by atoms with Crippen LogP contribution in [0, 0.1) is 0 Å². The van der Waals surface area contributed by atoms with Crippen LogP contribution in [-0.4, -0.2) is 24.4 Å². The Morgan fingerprint density at radius 2 is 1.50 bits per heavy atom. The molecule has 7 nitrogen and oxygen atoms in total. The minimum atomic E-state index is -0.653. The van der Waals surface area contributed by atoms with Crippen LogP contribution in [0.5, 0.6) is 11.5 Å². The fourth-order valence-corrected chi connectivity index (χ4v) is 1.69.